The summed E-state index contributed by atoms with van der Waals surface area (Å²) in [5, 5.41) is 16.8. The lowest BCUT2D eigenvalue weighted by Gasteiger charge is -2.12. The van der Waals surface area contributed by atoms with Crippen molar-refractivity contribution in [3.63, 3.8) is 0 Å². The van der Waals surface area contributed by atoms with Gasteiger partial charge in [-0.1, -0.05) is 29.8 Å². The van der Waals surface area contributed by atoms with E-state index in [0.717, 1.165) is 5.56 Å². The highest BCUT2D eigenvalue weighted by Crippen LogP contribution is 2.28. The summed E-state index contributed by atoms with van der Waals surface area (Å²) < 4.78 is 5.11. The van der Waals surface area contributed by atoms with E-state index in [1.807, 2.05) is 18.2 Å². The monoisotopic (exact) mass is 393 g/mol. The Balaban J connectivity index is 1.93. The van der Waals surface area contributed by atoms with Gasteiger partial charge in [0.15, 0.2) is 5.11 Å². The molecule has 136 valence electrons. The molecular formula is C17H16ClN3O4S. The highest BCUT2D eigenvalue weighted by Gasteiger charge is 2.13. The molecule has 2 rings (SSSR count). The zero-order valence-electron chi connectivity index (χ0n) is 13.8. The molecule has 2 aromatic carbocycles. The number of nitrogens with zero attached hydrogens (tertiary/aromatic N) is 1. The molecule has 0 aromatic heterocycles. The summed E-state index contributed by atoms with van der Waals surface area (Å²) in [6.45, 7) is 0. The molecule has 0 saturated heterocycles. The van der Waals surface area contributed by atoms with Gasteiger partial charge in [-0.15, -0.1) is 0 Å². The number of halogens is 1. The van der Waals surface area contributed by atoms with E-state index in [9.17, 15) is 14.9 Å². The number of hydrogen-bond acceptors (Lipinski definition) is 5. The number of amides is 1. The number of anilines is 1. The Morgan fingerprint density at radius 3 is 2.69 bits per heavy atom. The van der Waals surface area contributed by atoms with Gasteiger partial charge in [-0.3, -0.25) is 14.9 Å². The van der Waals surface area contributed by atoms with Crippen molar-refractivity contribution in [2.24, 2.45) is 0 Å². The second-order valence-electron chi connectivity index (χ2n) is 5.24. The quantitative estimate of drug-likeness (QED) is 0.441. The fourth-order valence-electron chi connectivity index (χ4n) is 2.19. The van der Waals surface area contributed by atoms with Crippen molar-refractivity contribution in [2.45, 2.75) is 12.8 Å². The van der Waals surface area contributed by atoms with E-state index in [1.165, 1.54) is 25.3 Å². The maximum absolute atomic E-state index is 12.0. The molecule has 0 heterocycles. The molecule has 0 unspecified atom stereocenters. The summed E-state index contributed by atoms with van der Waals surface area (Å²) in [5.41, 5.74) is 1.18. The zero-order valence-corrected chi connectivity index (χ0v) is 15.4. The van der Waals surface area contributed by atoms with Crippen LogP contribution in [-0.4, -0.2) is 23.1 Å². The molecule has 1 amide bonds. The lowest BCUT2D eigenvalue weighted by molar-refractivity contribution is -0.384. The molecular weight excluding hydrogens is 378 g/mol. The van der Waals surface area contributed by atoms with Crippen LogP contribution < -0.4 is 15.4 Å². The Kier molecular flexibility index (Phi) is 6.88. The van der Waals surface area contributed by atoms with Gasteiger partial charge in [0.2, 0.25) is 5.91 Å². The van der Waals surface area contributed by atoms with Crippen LogP contribution in [0.4, 0.5) is 11.4 Å². The van der Waals surface area contributed by atoms with Crippen molar-refractivity contribution in [1.82, 2.24) is 5.32 Å². The number of nitrogens with one attached hydrogen (secondary N) is 2. The van der Waals surface area contributed by atoms with E-state index in [0.29, 0.717) is 17.1 Å². The lowest BCUT2D eigenvalue weighted by Crippen LogP contribution is -2.34. The molecule has 7 nitrogen and oxygen atoms in total. The third-order valence-corrected chi connectivity index (χ3v) is 4.05. The first kappa shape index (κ1) is 19.6. The highest BCUT2D eigenvalue weighted by atomic mass is 35.5. The van der Waals surface area contributed by atoms with Crippen molar-refractivity contribution < 1.29 is 14.5 Å². The van der Waals surface area contributed by atoms with Gasteiger partial charge >= 0.3 is 0 Å². The van der Waals surface area contributed by atoms with E-state index in [-0.39, 0.29) is 28.9 Å². The molecule has 26 heavy (non-hydrogen) atoms. The number of methoxy groups -OCH3 is 1. The van der Waals surface area contributed by atoms with Gasteiger partial charge in [-0.25, -0.2) is 0 Å². The Morgan fingerprint density at radius 1 is 1.31 bits per heavy atom. The summed E-state index contributed by atoms with van der Waals surface area (Å²) in [7, 11) is 1.38. The zero-order chi connectivity index (χ0) is 19.1. The molecule has 0 aliphatic rings. The second-order valence-corrected chi connectivity index (χ2v) is 6.05. The molecule has 0 aliphatic heterocycles. The number of nitro benzene ring substituents is 1. The van der Waals surface area contributed by atoms with Crippen LogP contribution in [0.15, 0.2) is 42.5 Å². The molecule has 0 spiro atoms. The van der Waals surface area contributed by atoms with Crippen LogP contribution in [-0.2, 0) is 11.2 Å². The highest BCUT2D eigenvalue weighted by molar-refractivity contribution is 7.80. The number of carbonyl (C=O) groups excluding carboxylic acids is 1. The van der Waals surface area contributed by atoms with E-state index < -0.39 is 4.92 Å². The maximum Gasteiger partial charge on any atom is 0.273 e. The van der Waals surface area contributed by atoms with Crippen LogP contribution in [0.2, 0.25) is 5.02 Å². The molecule has 0 radical (unpaired) electrons. The van der Waals surface area contributed by atoms with E-state index in [1.54, 1.807) is 6.07 Å². The van der Waals surface area contributed by atoms with E-state index >= 15 is 0 Å². The van der Waals surface area contributed by atoms with Gasteiger partial charge in [-0.2, -0.15) is 0 Å². The Bertz CT molecular complexity index is 845. The number of benzene rings is 2. The van der Waals surface area contributed by atoms with Crippen molar-refractivity contribution in [3.05, 3.63) is 63.2 Å². The average molecular weight is 394 g/mol. The molecule has 0 atom stereocenters. The van der Waals surface area contributed by atoms with Crippen molar-refractivity contribution >= 4 is 46.2 Å². The third kappa shape index (κ3) is 5.40. The normalized spacial score (nSPS) is 10.1. The summed E-state index contributed by atoms with van der Waals surface area (Å²) in [4.78, 5) is 22.3. The summed E-state index contributed by atoms with van der Waals surface area (Å²) >= 11 is 11.2. The van der Waals surface area contributed by atoms with Gasteiger partial charge in [-0.05, 0) is 36.3 Å². The summed E-state index contributed by atoms with van der Waals surface area (Å²) in [5.74, 6) is -0.0323. The Morgan fingerprint density at radius 2 is 2.04 bits per heavy atom. The average Bonchev–Trinajstić information content (AvgIpc) is 2.61. The molecule has 9 heteroatoms. The molecule has 2 aromatic rings. The molecule has 2 N–H and O–H groups in total. The van der Waals surface area contributed by atoms with Gasteiger partial charge in [0.05, 0.1) is 23.8 Å². The minimum Gasteiger partial charge on any atom is -0.494 e. The van der Waals surface area contributed by atoms with Gasteiger partial charge in [0.1, 0.15) is 5.75 Å². The first-order valence-corrected chi connectivity index (χ1v) is 8.36. The maximum atomic E-state index is 12.0. The van der Waals surface area contributed by atoms with Crippen molar-refractivity contribution in [2.75, 3.05) is 12.4 Å². The number of aryl methyl sites for hydroxylation is 1. The van der Waals surface area contributed by atoms with Gasteiger partial charge < -0.3 is 15.4 Å². The topological polar surface area (TPSA) is 93.5 Å². The van der Waals surface area contributed by atoms with Gasteiger partial charge in [0, 0.05) is 17.5 Å². The fourth-order valence-corrected chi connectivity index (χ4v) is 2.64. The fraction of sp³-hybridized carbons (Fsp3) is 0.176. The molecule has 0 bridgehead atoms. The Labute approximate surface area is 160 Å². The van der Waals surface area contributed by atoms with Crippen LogP contribution in [0, 0.1) is 10.1 Å². The molecule has 0 aliphatic carbocycles. The number of non-ortho nitro benzene ring substituents is 1. The minimum absolute atomic E-state index is 0.0707. The second kappa shape index (κ2) is 9.12. The van der Waals surface area contributed by atoms with Crippen molar-refractivity contribution in [3.8, 4) is 5.75 Å². The predicted octanol–water partition coefficient (Wildman–Crippen LogP) is 3.70. The number of ether oxygens (including phenoxy) is 1. The number of thiocarbonyl (C=S) groups is 1. The number of hydrogen-bond donors (Lipinski definition) is 2. The van der Waals surface area contributed by atoms with Crippen molar-refractivity contribution in [1.29, 1.82) is 0 Å². The largest absolute Gasteiger partial charge is 0.494 e. The number of carbonyl (C=O) groups is 1. The van der Waals surface area contributed by atoms with Crippen LogP contribution in [0.25, 0.3) is 0 Å². The Hall–Kier alpha value is -2.71. The van der Waals surface area contributed by atoms with Crippen LogP contribution in [0.1, 0.15) is 12.0 Å². The van der Waals surface area contributed by atoms with Crippen LogP contribution in [0.5, 0.6) is 5.75 Å². The predicted molar refractivity (Wildman–Crippen MR) is 104 cm³/mol. The summed E-state index contributed by atoms with van der Waals surface area (Å²) in [6, 6.07) is 11.3. The van der Waals surface area contributed by atoms with E-state index in [2.05, 4.69) is 10.6 Å². The SMILES string of the molecule is COc1cc([N+](=O)[O-])ccc1NC(=S)NC(=O)CCc1ccccc1Cl. The number of nitro groups is 1. The molecule has 0 saturated carbocycles. The lowest BCUT2D eigenvalue weighted by atomic mass is 10.1. The number of rotatable bonds is 6. The minimum atomic E-state index is -0.527. The first-order chi connectivity index (χ1) is 12.4. The van der Waals surface area contributed by atoms with Gasteiger partial charge in [0.25, 0.3) is 5.69 Å². The smallest absolute Gasteiger partial charge is 0.273 e. The van der Waals surface area contributed by atoms with Crippen LogP contribution in [0.3, 0.4) is 0 Å². The third-order valence-electron chi connectivity index (χ3n) is 3.48. The molecule has 0 fully saturated rings. The summed E-state index contributed by atoms with van der Waals surface area (Å²) in [6.07, 6.45) is 0.692. The first-order valence-electron chi connectivity index (χ1n) is 7.57. The van der Waals surface area contributed by atoms with Crippen LogP contribution >= 0.6 is 23.8 Å². The standard InChI is InChI=1S/C17H16ClN3O4S/c1-25-15-10-12(21(23)24)7-8-14(15)19-17(26)20-16(22)9-6-11-4-2-3-5-13(11)18/h2-5,7-8,10H,6,9H2,1H3,(H2,19,20,22,26). The van der Waals surface area contributed by atoms with E-state index in [4.69, 9.17) is 28.6 Å².